The Kier molecular flexibility index (Phi) is 6.24. The molecule has 0 aliphatic heterocycles. The quantitative estimate of drug-likeness (QED) is 0.478. The first kappa shape index (κ1) is 10.3. The van der Waals surface area contributed by atoms with Crippen LogP contribution in [0, 0.1) is 0 Å². The van der Waals surface area contributed by atoms with Gasteiger partial charge >= 0.3 is 0 Å². The average molecular weight is 161 g/mol. The number of thiol groups is 1. The molecule has 0 saturated carbocycles. The molecular weight excluding hydrogens is 142 g/mol. The van der Waals surface area contributed by atoms with Crippen LogP contribution in [0.1, 0.15) is 33.6 Å². The molecule has 0 aliphatic carbocycles. The fraction of sp³-hybridized carbons (Fsp3) is 1.00. The maximum Gasteiger partial charge on any atom is 0.0417 e. The van der Waals surface area contributed by atoms with Gasteiger partial charge in [0.15, 0.2) is 0 Å². The summed E-state index contributed by atoms with van der Waals surface area (Å²) < 4.78 is 0. The second-order valence-corrected chi connectivity index (χ2v) is 2.99. The Labute approximate surface area is 70.2 Å². The first-order valence-corrected chi connectivity index (χ1v) is 4.74. The van der Waals surface area contributed by atoms with E-state index in [1.54, 1.807) is 0 Å². The van der Waals surface area contributed by atoms with E-state index in [1.165, 1.54) is 19.4 Å². The van der Waals surface area contributed by atoms with Crippen LogP contribution in [0.25, 0.3) is 0 Å². The Balaban J connectivity index is 3.56. The van der Waals surface area contributed by atoms with Crippen LogP contribution in [-0.2, 0) is 0 Å². The van der Waals surface area contributed by atoms with E-state index in [1.807, 2.05) is 0 Å². The molecule has 1 unspecified atom stereocenters. The van der Waals surface area contributed by atoms with Crippen LogP contribution >= 0.6 is 12.6 Å². The van der Waals surface area contributed by atoms with Crippen molar-refractivity contribution < 1.29 is 0 Å². The van der Waals surface area contributed by atoms with Crippen molar-refractivity contribution >= 4 is 12.6 Å². The fourth-order valence-corrected chi connectivity index (χ4v) is 1.40. The van der Waals surface area contributed by atoms with E-state index in [9.17, 15) is 0 Å². The van der Waals surface area contributed by atoms with Gasteiger partial charge in [0.05, 0.1) is 0 Å². The molecule has 0 aliphatic rings. The second kappa shape index (κ2) is 6.05. The third-order valence-electron chi connectivity index (χ3n) is 1.91. The van der Waals surface area contributed by atoms with E-state index in [2.05, 4.69) is 38.3 Å². The molecule has 0 heterocycles. The van der Waals surface area contributed by atoms with Crippen LogP contribution in [0.2, 0.25) is 0 Å². The van der Waals surface area contributed by atoms with Crippen molar-refractivity contribution in [2.75, 3.05) is 12.4 Å². The van der Waals surface area contributed by atoms with Crippen molar-refractivity contribution in [1.29, 1.82) is 0 Å². The SMILES string of the molecule is CCCN(CS)C(C)CC. The highest BCUT2D eigenvalue weighted by Crippen LogP contribution is 2.04. The fourth-order valence-electron chi connectivity index (χ4n) is 0.976. The van der Waals surface area contributed by atoms with Crippen molar-refractivity contribution in [3.63, 3.8) is 0 Å². The largest absolute Gasteiger partial charge is 0.292 e. The lowest BCUT2D eigenvalue weighted by Crippen LogP contribution is -2.32. The van der Waals surface area contributed by atoms with Crippen molar-refractivity contribution in [3.8, 4) is 0 Å². The smallest absolute Gasteiger partial charge is 0.0417 e. The van der Waals surface area contributed by atoms with Gasteiger partial charge in [-0.05, 0) is 26.3 Å². The Hall–Kier alpha value is 0.310. The van der Waals surface area contributed by atoms with E-state index >= 15 is 0 Å². The summed E-state index contributed by atoms with van der Waals surface area (Å²) >= 11 is 4.27. The molecule has 0 aromatic heterocycles. The third-order valence-corrected chi connectivity index (χ3v) is 2.27. The van der Waals surface area contributed by atoms with E-state index in [4.69, 9.17) is 0 Å². The van der Waals surface area contributed by atoms with E-state index < -0.39 is 0 Å². The molecule has 0 bridgehead atoms. The van der Waals surface area contributed by atoms with Crippen molar-refractivity contribution in [2.24, 2.45) is 0 Å². The summed E-state index contributed by atoms with van der Waals surface area (Å²) in [6.07, 6.45) is 2.45. The van der Waals surface area contributed by atoms with Gasteiger partial charge in [-0.3, -0.25) is 4.90 Å². The van der Waals surface area contributed by atoms with Crippen LogP contribution in [0.5, 0.6) is 0 Å². The van der Waals surface area contributed by atoms with Gasteiger partial charge in [-0.2, -0.15) is 12.6 Å². The Morgan fingerprint density at radius 1 is 1.40 bits per heavy atom. The molecule has 62 valence electrons. The second-order valence-electron chi connectivity index (χ2n) is 2.71. The maximum absolute atomic E-state index is 4.27. The van der Waals surface area contributed by atoms with Gasteiger partial charge < -0.3 is 0 Å². The van der Waals surface area contributed by atoms with Crippen LogP contribution < -0.4 is 0 Å². The standard InChI is InChI=1S/C8H19NS/c1-4-6-9(7-10)8(3)5-2/h8,10H,4-7H2,1-3H3. The molecule has 0 fully saturated rings. The molecule has 0 N–H and O–H groups in total. The third kappa shape index (κ3) is 3.47. The molecule has 0 aromatic rings. The minimum atomic E-state index is 0.692. The first-order valence-electron chi connectivity index (χ1n) is 4.11. The highest BCUT2D eigenvalue weighted by molar-refractivity contribution is 7.80. The monoisotopic (exact) mass is 161 g/mol. The van der Waals surface area contributed by atoms with Crippen molar-refractivity contribution in [1.82, 2.24) is 4.90 Å². The zero-order valence-corrected chi connectivity index (χ0v) is 8.19. The van der Waals surface area contributed by atoms with Crippen molar-refractivity contribution in [3.05, 3.63) is 0 Å². The zero-order valence-electron chi connectivity index (χ0n) is 7.30. The van der Waals surface area contributed by atoms with Gasteiger partial charge in [0, 0.05) is 11.9 Å². The predicted molar refractivity (Wildman–Crippen MR) is 50.6 cm³/mol. The maximum atomic E-state index is 4.27. The minimum absolute atomic E-state index is 0.692. The van der Waals surface area contributed by atoms with Gasteiger partial charge in [-0.15, -0.1) is 0 Å². The molecule has 2 heteroatoms. The molecule has 0 rings (SSSR count). The highest BCUT2D eigenvalue weighted by atomic mass is 32.1. The summed E-state index contributed by atoms with van der Waals surface area (Å²) in [4.78, 5) is 2.39. The summed E-state index contributed by atoms with van der Waals surface area (Å²) in [7, 11) is 0. The predicted octanol–water partition coefficient (Wildman–Crippen LogP) is 2.38. The molecule has 1 atom stereocenters. The molecule has 0 saturated heterocycles. The molecule has 0 spiro atoms. The zero-order chi connectivity index (χ0) is 7.98. The topological polar surface area (TPSA) is 3.24 Å². The number of nitrogens with zero attached hydrogens (tertiary/aromatic N) is 1. The van der Waals surface area contributed by atoms with Crippen LogP contribution in [0.15, 0.2) is 0 Å². The van der Waals surface area contributed by atoms with Crippen LogP contribution in [0.3, 0.4) is 0 Å². The van der Waals surface area contributed by atoms with Gasteiger partial charge in [0.25, 0.3) is 0 Å². The number of hydrogen-bond donors (Lipinski definition) is 1. The van der Waals surface area contributed by atoms with Crippen molar-refractivity contribution in [2.45, 2.75) is 39.7 Å². The van der Waals surface area contributed by atoms with Crippen LogP contribution in [-0.4, -0.2) is 23.4 Å². The lowest BCUT2D eigenvalue weighted by Gasteiger charge is -2.25. The lowest BCUT2D eigenvalue weighted by atomic mass is 10.2. The molecule has 10 heavy (non-hydrogen) atoms. The molecule has 1 nitrogen and oxygen atoms in total. The summed E-state index contributed by atoms with van der Waals surface area (Å²) in [5, 5.41) is 0. The van der Waals surface area contributed by atoms with E-state index in [0.29, 0.717) is 6.04 Å². The van der Waals surface area contributed by atoms with Gasteiger partial charge in [0.2, 0.25) is 0 Å². The highest BCUT2D eigenvalue weighted by Gasteiger charge is 2.07. The van der Waals surface area contributed by atoms with Crippen LogP contribution in [0.4, 0.5) is 0 Å². The van der Waals surface area contributed by atoms with E-state index in [-0.39, 0.29) is 0 Å². The van der Waals surface area contributed by atoms with Gasteiger partial charge in [-0.25, -0.2) is 0 Å². The summed E-state index contributed by atoms with van der Waals surface area (Å²) in [5.41, 5.74) is 0. The Morgan fingerprint density at radius 3 is 2.30 bits per heavy atom. The first-order chi connectivity index (χ1) is 4.76. The Morgan fingerprint density at radius 2 is 2.00 bits per heavy atom. The van der Waals surface area contributed by atoms with Gasteiger partial charge in [0.1, 0.15) is 0 Å². The Bertz CT molecular complexity index is 75.7. The summed E-state index contributed by atoms with van der Waals surface area (Å²) in [6, 6.07) is 0.692. The number of rotatable bonds is 5. The molecule has 0 radical (unpaired) electrons. The summed E-state index contributed by atoms with van der Waals surface area (Å²) in [5.74, 6) is 0.892. The van der Waals surface area contributed by atoms with Gasteiger partial charge in [-0.1, -0.05) is 13.8 Å². The van der Waals surface area contributed by atoms with E-state index in [0.717, 1.165) is 5.88 Å². The number of hydrogen-bond acceptors (Lipinski definition) is 2. The molecule has 0 amide bonds. The molecular formula is C8H19NS. The molecule has 0 aromatic carbocycles. The minimum Gasteiger partial charge on any atom is -0.292 e. The normalized spacial score (nSPS) is 14.1. The average Bonchev–Trinajstić information content (AvgIpc) is 1.99. The lowest BCUT2D eigenvalue weighted by molar-refractivity contribution is 0.242. The summed E-state index contributed by atoms with van der Waals surface area (Å²) in [6.45, 7) is 7.86.